The van der Waals surface area contributed by atoms with Gasteiger partial charge in [0.05, 0.1) is 0 Å². The number of amides is 1. The number of carbonyl (C=O) groups is 1. The maximum Gasteiger partial charge on any atom is 0.264 e. The molecule has 0 N–H and O–H groups in total. The standard InChI is InChI=1S/C24H25NO2/c1-2-23(27-22-16-10-5-11-17-22)24(26)25(18-20-12-6-3-7-13-20)19-21-14-8-4-9-15-21/h3-17,23H,2,18-19H2,1H3/t23-/m0/s1. The molecule has 0 saturated carbocycles. The number of benzene rings is 3. The Morgan fingerprint density at radius 1 is 0.778 bits per heavy atom. The Morgan fingerprint density at radius 2 is 1.22 bits per heavy atom. The second kappa shape index (κ2) is 9.58. The molecule has 0 saturated heterocycles. The summed E-state index contributed by atoms with van der Waals surface area (Å²) in [6.45, 7) is 3.10. The lowest BCUT2D eigenvalue weighted by atomic mass is 10.1. The lowest BCUT2D eigenvalue weighted by molar-refractivity contribution is -0.140. The van der Waals surface area contributed by atoms with Crippen LogP contribution in [0.5, 0.6) is 5.75 Å². The van der Waals surface area contributed by atoms with E-state index in [-0.39, 0.29) is 5.91 Å². The smallest absolute Gasteiger partial charge is 0.264 e. The van der Waals surface area contributed by atoms with Gasteiger partial charge < -0.3 is 9.64 Å². The monoisotopic (exact) mass is 359 g/mol. The Bertz CT molecular complexity index is 777. The second-order valence-corrected chi connectivity index (χ2v) is 6.49. The molecule has 1 amide bonds. The molecule has 0 fully saturated rings. The zero-order valence-electron chi connectivity index (χ0n) is 15.6. The van der Waals surface area contributed by atoms with Crippen molar-refractivity contribution in [1.29, 1.82) is 0 Å². The summed E-state index contributed by atoms with van der Waals surface area (Å²) in [5.41, 5.74) is 2.22. The molecular weight excluding hydrogens is 334 g/mol. The number of para-hydroxylation sites is 1. The molecule has 1 atom stereocenters. The van der Waals surface area contributed by atoms with Crippen molar-refractivity contribution >= 4 is 5.91 Å². The predicted octanol–water partition coefficient (Wildman–Crippen LogP) is 5.07. The molecule has 0 aliphatic carbocycles. The van der Waals surface area contributed by atoms with Crippen molar-refractivity contribution in [3.05, 3.63) is 102 Å². The highest BCUT2D eigenvalue weighted by atomic mass is 16.5. The fourth-order valence-corrected chi connectivity index (χ4v) is 2.99. The Morgan fingerprint density at radius 3 is 1.67 bits per heavy atom. The van der Waals surface area contributed by atoms with Gasteiger partial charge in [0, 0.05) is 13.1 Å². The van der Waals surface area contributed by atoms with Crippen molar-refractivity contribution in [2.45, 2.75) is 32.5 Å². The molecule has 3 rings (SSSR count). The number of nitrogens with zero attached hydrogens (tertiary/aromatic N) is 1. The van der Waals surface area contributed by atoms with Gasteiger partial charge in [0.2, 0.25) is 0 Å². The minimum Gasteiger partial charge on any atom is -0.481 e. The molecule has 3 aromatic rings. The summed E-state index contributed by atoms with van der Waals surface area (Å²) in [6, 6.07) is 29.7. The van der Waals surface area contributed by atoms with E-state index in [1.807, 2.05) is 103 Å². The van der Waals surface area contributed by atoms with Crippen molar-refractivity contribution < 1.29 is 9.53 Å². The first-order valence-electron chi connectivity index (χ1n) is 9.34. The molecule has 0 aliphatic rings. The summed E-state index contributed by atoms with van der Waals surface area (Å²) in [5, 5.41) is 0. The third-order valence-corrected chi connectivity index (χ3v) is 4.41. The minimum absolute atomic E-state index is 0.00839. The molecule has 0 unspecified atom stereocenters. The Labute approximate surface area is 161 Å². The van der Waals surface area contributed by atoms with Gasteiger partial charge in [0.25, 0.3) is 5.91 Å². The molecule has 0 heterocycles. The summed E-state index contributed by atoms with van der Waals surface area (Å²) < 4.78 is 5.99. The second-order valence-electron chi connectivity index (χ2n) is 6.49. The normalized spacial score (nSPS) is 11.6. The van der Waals surface area contributed by atoms with Crippen molar-refractivity contribution in [1.82, 2.24) is 4.90 Å². The maximum absolute atomic E-state index is 13.3. The van der Waals surface area contributed by atoms with E-state index in [4.69, 9.17) is 4.74 Å². The van der Waals surface area contributed by atoms with Crippen LogP contribution in [-0.4, -0.2) is 16.9 Å². The van der Waals surface area contributed by atoms with Gasteiger partial charge in [-0.1, -0.05) is 85.8 Å². The quantitative estimate of drug-likeness (QED) is 0.562. The van der Waals surface area contributed by atoms with Gasteiger partial charge in [-0.15, -0.1) is 0 Å². The van der Waals surface area contributed by atoms with E-state index in [9.17, 15) is 4.79 Å². The molecule has 0 radical (unpaired) electrons. The molecule has 27 heavy (non-hydrogen) atoms. The van der Waals surface area contributed by atoms with E-state index >= 15 is 0 Å². The average Bonchev–Trinajstić information content (AvgIpc) is 2.73. The highest BCUT2D eigenvalue weighted by molar-refractivity contribution is 5.81. The van der Waals surface area contributed by atoms with Crippen LogP contribution in [0.3, 0.4) is 0 Å². The third-order valence-electron chi connectivity index (χ3n) is 4.41. The van der Waals surface area contributed by atoms with Crippen LogP contribution in [0, 0.1) is 0 Å². The van der Waals surface area contributed by atoms with Crippen LogP contribution in [0.2, 0.25) is 0 Å². The van der Waals surface area contributed by atoms with Gasteiger partial charge >= 0.3 is 0 Å². The largest absolute Gasteiger partial charge is 0.481 e. The molecule has 3 nitrogen and oxygen atoms in total. The van der Waals surface area contributed by atoms with Crippen molar-refractivity contribution in [3.8, 4) is 5.75 Å². The molecule has 3 aromatic carbocycles. The van der Waals surface area contributed by atoms with Crippen molar-refractivity contribution in [2.75, 3.05) is 0 Å². The van der Waals surface area contributed by atoms with E-state index in [0.717, 1.165) is 16.9 Å². The Balaban J connectivity index is 1.79. The van der Waals surface area contributed by atoms with Gasteiger partial charge in [0.1, 0.15) is 5.75 Å². The predicted molar refractivity (Wildman–Crippen MR) is 108 cm³/mol. The summed E-state index contributed by atoms with van der Waals surface area (Å²) in [4.78, 5) is 15.2. The van der Waals surface area contributed by atoms with E-state index < -0.39 is 6.10 Å². The minimum atomic E-state index is -0.500. The molecule has 138 valence electrons. The van der Waals surface area contributed by atoms with Gasteiger partial charge in [0.15, 0.2) is 6.10 Å². The van der Waals surface area contributed by atoms with Gasteiger partial charge in [-0.2, -0.15) is 0 Å². The van der Waals surface area contributed by atoms with E-state index in [1.54, 1.807) is 0 Å². The first-order chi connectivity index (χ1) is 13.3. The lowest BCUT2D eigenvalue weighted by Gasteiger charge is -2.27. The van der Waals surface area contributed by atoms with Crippen LogP contribution < -0.4 is 4.74 Å². The van der Waals surface area contributed by atoms with Gasteiger partial charge in [-0.05, 0) is 29.7 Å². The number of carbonyl (C=O) groups excluding carboxylic acids is 1. The van der Waals surface area contributed by atoms with E-state index in [1.165, 1.54) is 0 Å². The Hall–Kier alpha value is -3.07. The van der Waals surface area contributed by atoms with Crippen LogP contribution in [-0.2, 0) is 17.9 Å². The molecule has 3 heteroatoms. The van der Waals surface area contributed by atoms with Gasteiger partial charge in [-0.3, -0.25) is 4.79 Å². The molecule has 0 aliphatic heterocycles. The topological polar surface area (TPSA) is 29.5 Å². The maximum atomic E-state index is 13.3. The highest BCUT2D eigenvalue weighted by Crippen LogP contribution is 2.17. The average molecular weight is 359 g/mol. The van der Waals surface area contributed by atoms with Crippen LogP contribution in [0.15, 0.2) is 91.0 Å². The fraction of sp³-hybridized carbons (Fsp3) is 0.208. The van der Waals surface area contributed by atoms with Crippen molar-refractivity contribution in [2.24, 2.45) is 0 Å². The number of hydrogen-bond donors (Lipinski definition) is 0. The van der Waals surface area contributed by atoms with Crippen LogP contribution >= 0.6 is 0 Å². The van der Waals surface area contributed by atoms with Crippen LogP contribution in [0.25, 0.3) is 0 Å². The number of hydrogen-bond acceptors (Lipinski definition) is 2. The van der Waals surface area contributed by atoms with E-state index in [0.29, 0.717) is 19.5 Å². The zero-order valence-corrected chi connectivity index (χ0v) is 15.6. The van der Waals surface area contributed by atoms with Crippen LogP contribution in [0.1, 0.15) is 24.5 Å². The summed E-state index contributed by atoms with van der Waals surface area (Å²) in [6.07, 6.45) is 0.119. The van der Waals surface area contributed by atoms with Crippen molar-refractivity contribution in [3.63, 3.8) is 0 Å². The lowest BCUT2D eigenvalue weighted by Crippen LogP contribution is -2.41. The summed E-state index contributed by atoms with van der Waals surface area (Å²) in [5.74, 6) is 0.728. The molecule has 0 aromatic heterocycles. The molecule has 0 bridgehead atoms. The first kappa shape index (κ1) is 18.7. The van der Waals surface area contributed by atoms with E-state index in [2.05, 4.69) is 0 Å². The van der Waals surface area contributed by atoms with Crippen LogP contribution in [0.4, 0.5) is 0 Å². The first-order valence-corrected chi connectivity index (χ1v) is 9.34. The number of rotatable bonds is 8. The number of ether oxygens (including phenoxy) is 1. The third kappa shape index (κ3) is 5.45. The fourth-order valence-electron chi connectivity index (χ4n) is 2.99. The highest BCUT2D eigenvalue weighted by Gasteiger charge is 2.25. The van der Waals surface area contributed by atoms with Gasteiger partial charge in [-0.25, -0.2) is 0 Å². The SMILES string of the molecule is CC[C@H](Oc1ccccc1)C(=O)N(Cc1ccccc1)Cc1ccccc1. The summed E-state index contributed by atoms with van der Waals surface area (Å²) in [7, 11) is 0. The summed E-state index contributed by atoms with van der Waals surface area (Å²) >= 11 is 0. The molecule has 0 spiro atoms. The Kier molecular flexibility index (Phi) is 6.64. The molecular formula is C24H25NO2. The zero-order chi connectivity index (χ0) is 18.9.